The van der Waals surface area contributed by atoms with Crippen molar-refractivity contribution in [3.05, 3.63) is 107 Å². The smallest absolute Gasteiger partial charge is 0.251 e. The van der Waals surface area contributed by atoms with Crippen LogP contribution in [0.15, 0.2) is 96.2 Å². The summed E-state index contributed by atoms with van der Waals surface area (Å²) in [5.74, 6) is 0. The fourth-order valence-corrected chi connectivity index (χ4v) is 4.79. The monoisotopic (exact) mass is 451 g/mol. The summed E-state index contributed by atoms with van der Waals surface area (Å²) >= 11 is 0. The first-order valence-corrected chi connectivity index (χ1v) is 11.9. The van der Waals surface area contributed by atoms with Gasteiger partial charge in [0.1, 0.15) is 0 Å². The second kappa shape index (κ2) is 10.1. The van der Waals surface area contributed by atoms with Crippen LogP contribution in [-0.4, -0.2) is 20.8 Å². The van der Waals surface area contributed by atoms with Crippen LogP contribution < -0.4 is 10.9 Å². The maximum atomic E-state index is 12.9. The van der Waals surface area contributed by atoms with E-state index < -0.39 is 6.10 Å². The average molecular weight is 452 g/mol. The molecule has 0 saturated heterocycles. The van der Waals surface area contributed by atoms with Gasteiger partial charge in [0.05, 0.1) is 12.1 Å². The fraction of sp³-hybridized carbons (Fsp3) is 0.241. The van der Waals surface area contributed by atoms with Crippen molar-refractivity contribution in [2.45, 2.75) is 44.4 Å². The van der Waals surface area contributed by atoms with Gasteiger partial charge in [-0.25, -0.2) is 0 Å². The zero-order valence-electron chi connectivity index (χ0n) is 19.1. The van der Waals surface area contributed by atoms with E-state index in [1.165, 1.54) is 5.56 Å². The van der Waals surface area contributed by atoms with Gasteiger partial charge in [-0.1, -0.05) is 55.3 Å². The number of hydrogen-bond donors (Lipinski definition) is 2. The summed E-state index contributed by atoms with van der Waals surface area (Å²) in [6, 6.07) is 24.1. The molecule has 0 unspecified atom stereocenters. The molecule has 1 fully saturated rings. The zero-order valence-corrected chi connectivity index (χ0v) is 19.1. The molecule has 2 aromatic carbocycles. The number of benzene rings is 2. The van der Waals surface area contributed by atoms with Gasteiger partial charge in [-0.2, -0.15) is 0 Å². The van der Waals surface area contributed by atoms with Gasteiger partial charge in [-0.3, -0.25) is 9.78 Å². The van der Waals surface area contributed by atoms with Gasteiger partial charge in [0.25, 0.3) is 5.56 Å². The van der Waals surface area contributed by atoms with E-state index in [2.05, 4.69) is 34.6 Å². The Kier molecular flexibility index (Phi) is 6.54. The van der Waals surface area contributed by atoms with E-state index in [-0.39, 0.29) is 11.6 Å². The number of rotatable bonds is 6. The average Bonchev–Trinajstić information content (AvgIpc) is 2.89. The van der Waals surface area contributed by atoms with E-state index in [0.29, 0.717) is 6.54 Å². The lowest BCUT2D eigenvalue weighted by Crippen LogP contribution is -2.34. The first-order valence-electron chi connectivity index (χ1n) is 11.9. The van der Waals surface area contributed by atoms with Crippen molar-refractivity contribution >= 4 is 5.69 Å². The number of aliphatic hydroxyl groups excluding tert-OH is 1. The highest BCUT2D eigenvalue weighted by atomic mass is 16.3. The van der Waals surface area contributed by atoms with Gasteiger partial charge in [0.2, 0.25) is 0 Å². The Bertz CT molecular complexity index is 1300. The second-order valence-corrected chi connectivity index (χ2v) is 8.91. The van der Waals surface area contributed by atoms with Crippen molar-refractivity contribution in [3.8, 4) is 22.3 Å². The molecule has 1 aliphatic rings. The Morgan fingerprint density at radius 3 is 2.38 bits per heavy atom. The number of nitrogens with one attached hydrogen (secondary N) is 1. The minimum Gasteiger partial charge on any atom is -0.391 e. The molecule has 172 valence electrons. The lowest BCUT2D eigenvalue weighted by Gasteiger charge is -2.29. The molecule has 5 nitrogen and oxygen atoms in total. The van der Waals surface area contributed by atoms with Gasteiger partial charge in [0.15, 0.2) is 0 Å². The largest absolute Gasteiger partial charge is 0.391 e. The number of anilines is 1. The molecule has 34 heavy (non-hydrogen) atoms. The maximum Gasteiger partial charge on any atom is 0.251 e. The highest BCUT2D eigenvalue weighted by Gasteiger charge is 2.25. The summed E-state index contributed by atoms with van der Waals surface area (Å²) in [5, 5.41) is 13.9. The predicted molar refractivity (Wildman–Crippen MR) is 137 cm³/mol. The Labute approximate surface area is 199 Å². The normalized spacial score (nSPS) is 17.9. The Morgan fingerprint density at radius 2 is 1.62 bits per heavy atom. The SMILES string of the molecule is O=c1cc(-c2ccccc2NCc2ccc(-c3ccncc3)cc2)ccn1[C@H]1CCCC[C@@H]1O. The third-order valence-electron chi connectivity index (χ3n) is 6.69. The van der Waals surface area contributed by atoms with Crippen LogP contribution in [0.25, 0.3) is 22.3 Å². The van der Waals surface area contributed by atoms with E-state index in [9.17, 15) is 9.90 Å². The summed E-state index contributed by atoms with van der Waals surface area (Å²) in [6.07, 6.45) is 8.67. The summed E-state index contributed by atoms with van der Waals surface area (Å²) in [5.41, 5.74) is 6.27. The van der Waals surface area contributed by atoms with Gasteiger partial charge in [-0.15, -0.1) is 0 Å². The van der Waals surface area contributed by atoms with E-state index in [1.54, 1.807) is 23.0 Å². The highest BCUT2D eigenvalue weighted by molar-refractivity contribution is 5.77. The van der Waals surface area contributed by atoms with Crippen molar-refractivity contribution in [2.75, 3.05) is 5.32 Å². The lowest BCUT2D eigenvalue weighted by atomic mass is 9.92. The maximum absolute atomic E-state index is 12.9. The summed E-state index contributed by atoms with van der Waals surface area (Å²) < 4.78 is 1.70. The molecule has 5 rings (SSSR count). The molecule has 0 spiro atoms. The molecule has 2 N–H and O–H groups in total. The van der Waals surface area contributed by atoms with Gasteiger partial charge in [-0.05, 0) is 59.4 Å². The zero-order chi connectivity index (χ0) is 23.3. The van der Waals surface area contributed by atoms with Crippen LogP contribution in [-0.2, 0) is 6.54 Å². The molecule has 1 saturated carbocycles. The molecule has 2 heterocycles. The van der Waals surface area contributed by atoms with Crippen LogP contribution in [0.2, 0.25) is 0 Å². The van der Waals surface area contributed by atoms with Crippen LogP contribution in [0.4, 0.5) is 5.69 Å². The standard InChI is InChI=1S/C29H29N3O2/c33-28-8-4-3-7-27(28)32-18-15-24(19-29(32)34)25-5-1-2-6-26(25)31-20-21-9-11-22(12-10-21)23-13-16-30-17-14-23/h1-2,5-6,9-19,27-28,31,33H,3-4,7-8,20H2/t27-,28-/m0/s1. The van der Waals surface area contributed by atoms with Gasteiger partial charge in [0, 0.05) is 42.5 Å². The second-order valence-electron chi connectivity index (χ2n) is 8.91. The number of nitrogens with zero attached hydrogens (tertiary/aromatic N) is 2. The quantitative estimate of drug-likeness (QED) is 0.397. The minimum atomic E-state index is -0.448. The van der Waals surface area contributed by atoms with Crippen molar-refractivity contribution in [2.24, 2.45) is 0 Å². The van der Waals surface area contributed by atoms with Crippen molar-refractivity contribution < 1.29 is 5.11 Å². The molecule has 0 radical (unpaired) electrons. The number of pyridine rings is 2. The molecule has 2 aromatic heterocycles. The summed E-state index contributed by atoms with van der Waals surface area (Å²) in [4.78, 5) is 17.0. The third-order valence-corrected chi connectivity index (χ3v) is 6.69. The highest BCUT2D eigenvalue weighted by Crippen LogP contribution is 2.30. The van der Waals surface area contributed by atoms with Crippen LogP contribution in [0.1, 0.15) is 37.3 Å². The van der Waals surface area contributed by atoms with E-state index in [0.717, 1.165) is 53.6 Å². The minimum absolute atomic E-state index is 0.0649. The molecule has 2 atom stereocenters. The van der Waals surface area contributed by atoms with Crippen LogP contribution in [0.5, 0.6) is 0 Å². The van der Waals surface area contributed by atoms with E-state index >= 15 is 0 Å². The predicted octanol–water partition coefficient (Wildman–Crippen LogP) is 5.67. The Hall–Kier alpha value is -3.70. The van der Waals surface area contributed by atoms with E-state index in [4.69, 9.17) is 0 Å². The topological polar surface area (TPSA) is 67.2 Å². The third kappa shape index (κ3) is 4.80. The van der Waals surface area contributed by atoms with Crippen LogP contribution in [0, 0.1) is 0 Å². The van der Waals surface area contributed by atoms with Crippen molar-refractivity contribution in [1.82, 2.24) is 9.55 Å². The summed E-state index contributed by atoms with van der Waals surface area (Å²) in [6.45, 7) is 0.680. The van der Waals surface area contributed by atoms with Crippen LogP contribution >= 0.6 is 0 Å². The summed E-state index contributed by atoms with van der Waals surface area (Å²) in [7, 11) is 0. The van der Waals surface area contributed by atoms with E-state index in [1.807, 2.05) is 48.7 Å². The van der Waals surface area contributed by atoms with Crippen LogP contribution in [0.3, 0.4) is 0 Å². The molecule has 0 amide bonds. The van der Waals surface area contributed by atoms with Gasteiger partial charge < -0.3 is 15.0 Å². The molecule has 0 bridgehead atoms. The first kappa shape index (κ1) is 22.1. The number of aromatic nitrogens is 2. The number of para-hydroxylation sites is 1. The van der Waals surface area contributed by atoms with Crippen molar-refractivity contribution in [3.63, 3.8) is 0 Å². The van der Waals surface area contributed by atoms with Gasteiger partial charge >= 0.3 is 0 Å². The molecule has 0 aliphatic heterocycles. The Balaban J connectivity index is 1.33. The molecular weight excluding hydrogens is 422 g/mol. The first-order chi connectivity index (χ1) is 16.7. The fourth-order valence-electron chi connectivity index (χ4n) is 4.79. The number of aliphatic hydroxyl groups is 1. The molecule has 5 heteroatoms. The number of hydrogen-bond acceptors (Lipinski definition) is 4. The molecule has 1 aliphatic carbocycles. The molecular formula is C29H29N3O2. The lowest BCUT2D eigenvalue weighted by molar-refractivity contribution is 0.0738. The molecule has 4 aromatic rings. The van der Waals surface area contributed by atoms with Crippen molar-refractivity contribution in [1.29, 1.82) is 0 Å². The Morgan fingerprint density at radius 1 is 0.882 bits per heavy atom.